The van der Waals surface area contributed by atoms with E-state index in [1.807, 2.05) is 0 Å². The van der Waals surface area contributed by atoms with Crippen LogP contribution in [0.3, 0.4) is 0 Å². The molecule has 4 fully saturated rings. The molecule has 0 radical (unpaired) electrons. The van der Waals surface area contributed by atoms with E-state index in [-0.39, 0.29) is 69.9 Å². The number of amides is 3. The van der Waals surface area contributed by atoms with Crippen molar-refractivity contribution >= 4 is 30.6 Å². The summed E-state index contributed by atoms with van der Waals surface area (Å²) in [7, 11) is 1.43. The number of rotatable bonds is 6. The largest absolute Gasteiger partial charge is 0.434 e. The van der Waals surface area contributed by atoms with Crippen molar-refractivity contribution in [2.75, 3.05) is 59.4 Å². The van der Waals surface area contributed by atoms with Gasteiger partial charge in [-0.2, -0.15) is 57.8 Å². The molecular formula is C30H39F12N7O5. The highest BCUT2D eigenvalue weighted by molar-refractivity contribution is 6.37. The number of alkyl halides is 12. The molecule has 12 nitrogen and oxygen atoms in total. The van der Waals surface area contributed by atoms with Gasteiger partial charge in [0.2, 0.25) is 5.84 Å². The Labute approximate surface area is 301 Å². The van der Waals surface area contributed by atoms with Crippen LogP contribution in [0.2, 0.25) is 0 Å². The average Bonchev–Trinajstić information content (AvgIpc) is 3.77. The summed E-state index contributed by atoms with van der Waals surface area (Å²) in [5.41, 5.74) is -1.62. The van der Waals surface area contributed by atoms with Gasteiger partial charge in [-0.1, -0.05) is 6.92 Å². The average molecular weight is 806 g/mol. The number of likely N-dealkylation sites (tertiary alicyclic amines) is 2. The molecule has 0 aromatic rings. The summed E-state index contributed by atoms with van der Waals surface area (Å²) in [4.78, 5) is 44.9. The molecular weight excluding hydrogens is 766 g/mol. The standard InChI is InChI=1S/C30H39F12N7O5/c1-25(5-8-49(16-25)24(52)54-22(29(37,38)39)30(40,41)42)17-15-18(17)46-11-13-47(14-12-46)19(44-43-3)20(50)45(4)26(2)6-9-48(10-7-26)23(51)53-21(27(31,32)33)28(34,35)36/h17-18,21-22H,3,5-16H2,1-2,4H3/b44-19-. The van der Waals surface area contributed by atoms with E-state index in [0.29, 0.717) is 30.8 Å². The number of piperidine rings is 1. The number of hydrogen-bond donors (Lipinski definition) is 0. The van der Waals surface area contributed by atoms with Crippen molar-refractivity contribution in [2.24, 2.45) is 21.5 Å². The minimum absolute atomic E-state index is 0.0131. The molecule has 0 N–H and O–H groups in total. The number of carbonyl (C=O) groups is 3. The van der Waals surface area contributed by atoms with Crippen molar-refractivity contribution in [1.82, 2.24) is 24.5 Å². The van der Waals surface area contributed by atoms with Gasteiger partial charge in [-0.25, -0.2) is 9.59 Å². The number of piperazine rings is 1. The van der Waals surface area contributed by atoms with Gasteiger partial charge in [0.15, 0.2) is 0 Å². The van der Waals surface area contributed by atoms with Gasteiger partial charge in [-0.15, -0.1) is 5.10 Å². The van der Waals surface area contributed by atoms with Gasteiger partial charge in [0, 0.05) is 77.7 Å². The fourth-order valence-electron chi connectivity index (χ4n) is 7.24. The molecule has 3 saturated heterocycles. The first kappa shape index (κ1) is 43.0. The number of likely N-dealkylation sites (N-methyl/N-ethyl adjacent to an activating group) is 1. The third kappa shape index (κ3) is 9.55. The van der Waals surface area contributed by atoms with Crippen LogP contribution in [-0.2, 0) is 14.3 Å². The molecule has 4 aliphatic rings. The summed E-state index contributed by atoms with van der Waals surface area (Å²) in [6, 6.07) is -0.0131. The lowest BCUT2D eigenvalue weighted by Crippen LogP contribution is -2.60. The van der Waals surface area contributed by atoms with Gasteiger partial charge in [0.05, 0.1) is 0 Å². The van der Waals surface area contributed by atoms with Crippen LogP contribution in [0.15, 0.2) is 10.2 Å². The summed E-state index contributed by atoms with van der Waals surface area (Å²) in [5, 5.41) is 7.43. The number of nitrogens with zero attached hydrogens (tertiary/aromatic N) is 7. The van der Waals surface area contributed by atoms with Gasteiger partial charge in [-0.3, -0.25) is 9.69 Å². The number of ether oxygens (including phenoxy) is 2. The fraction of sp³-hybridized carbons (Fsp3) is 0.833. The zero-order chi connectivity index (χ0) is 40.8. The van der Waals surface area contributed by atoms with E-state index in [1.54, 1.807) is 18.7 Å². The maximum atomic E-state index is 13.7. The monoisotopic (exact) mass is 805 g/mol. The van der Waals surface area contributed by atoms with E-state index in [2.05, 4.69) is 31.3 Å². The quantitative estimate of drug-likeness (QED) is 0.155. The first-order chi connectivity index (χ1) is 24.6. The van der Waals surface area contributed by atoms with Crippen molar-refractivity contribution in [2.45, 2.75) is 88.0 Å². The van der Waals surface area contributed by atoms with E-state index in [9.17, 15) is 67.1 Å². The Hall–Kier alpha value is -3.73. The van der Waals surface area contributed by atoms with Crippen LogP contribution < -0.4 is 0 Å². The topological polar surface area (TPSA) is 111 Å². The maximum absolute atomic E-state index is 13.7. The summed E-state index contributed by atoms with van der Waals surface area (Å²) in [6.45, 7) is 7.31. The molecule has 1 aliphatic carbocycles. The summed E-state index contributed by atoms with van der Waals surface area (Å²) in [5.74, 6) is -0.736. The van der Waals surface area contributed by atoms with Crippen LogP contribution in [0.4, 0.5) is 62.3 Å². The van der Waals surface area contributed by atoms with E-state index in [1.165, 1.54) is 11.9 Å². The zero-order valence-electron chi connectivity index (χ0n) is 29.2. The van der Waals surface area contributed by atoms with E-state index < -0.39 is 66.0 Å². The van der Waals surface area contributed by atoms with Crippen molar-refractivity contribution < 1.29 is 76.5 Å². The molecule has 0 spiro atoms. The first-order valence-corrected chi connectivity index (χ1v) is 16.6. The summed E-state index contributed by atoms with van der Waals surface area (Å²) >= 11 is 0. The van der Waals surface area contributed by atoms with Crippen LogP contribution in [0.1, 0.15) is 39.5 Å². The predicted octanol–water partition coefficient (Wildman–Crippen LogP) is 5.29. The first-order valence-electron chi connectivity index (χ1n) is 16.6. The Balaban J connectivity index is 1.30. The molecule has 3 unspecified atom stereocenters. The zero-order valence-corrected chi connectivity index (χ0v) is 29.2. The lowest BCUT2D eigenvalue weighted by molar-refractivity contribution is -0.309. The van der Waals surface area contributed by atoms with Crippen molar-refractivity contribution in [3.05, 3.63) is 0 Å². The Morgan fingerprint density at radius 3 is 1.59 bits per heavy atom. The molecule has 54 heavy (non-hydrogen) atoms. The Morgan fingerprint density at radius 2 is 1.15 bits per heavy atom. The van der Waals surface area contributed by atoms with Gasteiger partial charge in [-0.05, 0) is 43.9 Å². The SMILES string of the molecule is C=N/N=C(/C(=O)N(C)C1(C)CCN(C(=O)OC(C(F)(F)F)C(F)(F)F)CC1)N1CCN(C2CC2C2(C)CCN(C(=O)OC(C(F)(F)F)C(F)(F)F)C2)CC1. The van der Waals surface area contributed by atoms with E-state index in [0.717, 1.165) is 4.90 Å². The summed E-state index contributed by atoms with van der Waals surface area (Å²) < 4.78 is 162. The van der Waals surface area contributed by atoms with Crippen LogP contribution >= 0.6 is 0 Å². The van der Waals surface area contributed by atoms with Crippen LogP contribution in [0, 0.1) is 11.3 Å². The van der Waals surface area contributed by atoms with Crippen LogP contribution in [0.25, 0.3) is 0 Å². The van der Waals surface area contributed by atoms with Gasteiger partial charge >= 0.3 is 36.9 Å². The molecule has 1 saturated carbocycles. The van der Waals surface area contributed by atoms with Gasteiger partial charge < -0.3 is 29.1 Å². The number of hydrogen-bond acceptors (Lipinski definition) is 8. The lowest BCUT2D eigenvalue weighted by atomic mass is 9.83. The normalized spacial score (nSPS) is 25.9. The van der Waals surface area contributed by atoms with E-state index in [4.69, 9.17) is 0 Å². The highest BCUT2D eigenvalue weighted by Crippen LogP contribution is 2.53. The molecule has 3 aliphatic heterocycles. The third-order valence-electron chi connectivity index (χ3n) is 10.7. The Kier molecular flexibility index (Phi) is 12.0. The molecule has 0 aromatic carbocycles. The smallest absolute Gasteiger partial charge is 0.426 e. The highest BCUT2D eigenvalue weighted by atomic mass is 19.4. The number of amidine groups is 1. The Bertz CT molecular complexity index is 1410. The lowest BCUT2D eigenvalue weighted by Gasteiger charge is -2.46. The molecule has 3 amide bonds. The number of halogens is 12. The molecule has 4 rings (SSSR count). The fourth-order valence-corrected chi connectivity index (χ4v) is 7.24. The molecule has 0 bridgehead atoms. The molecule has 24 heteroatoms. The molecule has 3 heterocycles. The minimum Gasteiger partial charge on any atom is -0.426 e. The maximum Gasteiger partial charge on any atom is 0.434 e. The highest BCUT2D eigenvalue weighted by Gasteiger charge is 2.62. The van der Waals surface area contributed by atoms with Gasteiger partial charge in [0.25, 0.3) is 18.1 Å². The molecule has 0 aromatic heterocycles. The number of carbonyl (C=O) groups excluding carboxylic acids is 3. The molecule has 3 atom stereocenters. The third-order valence-corrected chi connectivity index (χ3v) is 10.7. The summed E-state index contributed by atoms with van der Waals surface area (Å²) in [6.07, 6.45) is -34.6. The van der Waals surface area contributed by atoms with Crippen LogP contribution in [0.5, 0.6) is 0 Å². The predicted molar refractivity (Wildman–Crippen MR) is 163 cm³/mol. The van der Waals surface area contributed by atoms with Crippen molar-refractivity contribution in [1.29, 1.82) is 0 Å². The van der Waals surface area contributed by atoms with E-state index >= 15 is 0 Å². The second-order valence-electron chi connectivity index (χ2n) is 14.4. The Morgan fingerprint density at radius 1 is 0.704 bits per heavy atom. The minimum atomic E-state index is -5.88. The second-order valence-corrected chi connectivity index (χ2v) is 14.4. The van der Waals surface area contributed by atoms with Crippen molar-refractivity contribution in [3.63, 3.8) is 0 Å². The van der Waals surface area contributed by atoms with Gasteiger partial charge in [0.1, 0.15) is 0 Å². The van der Waals surface area contributed by atoms with Crippen molar-refractivity contribution in [3.8, 4) is 0 Å². The van der Waals surface area contributed by atoms with Crippen LogP contribution in [-0.4, -0.2) is 163 Å². The molecule has 308 valence electrons. The second kappa shape index (κ2) is 15.1.